The van der Waals surface area contributed by atoms with Gasteiger partial charge in [0.1, 0.15) is 22.9 Å². The summed E-state index contributed by atoms with van der Waals surface area (Å²) in [5.41, 5.74) is 25.9. The molecule has 0 saturated heterocycles. The van der Waals surface area contributed by atoms with Crippen LogP contribution in [0.25, 0.3) is 21.9 Å². The summed E-state index contributed by atoms with van der Waals surface area (Å²) in [4.78, 5) is 0. The van der Waals surface area contributed by atoms with Crippen LogP contribution in [0.5, 0.6) is 0 Å². The Hall–Kier alpha value is -3.92. The van der Waals surface area contributed by atoms with E-state index in [9.17, 15) is 0 Å². The number of benzene rings is 2. The minimum atomic E-state index is 1.04. The molecule has 0 bridgehead atoms. The monoisotopic (exact) mass is 679 g/mol. The van der Waals surface area contributed by atoms with E-state index in [2.05, 4.69) is 141 Å². The molecule has 4 heterocycles. The first-order valence-electron chi connectivity index (χ1n) is 18.1. The van der Waals surface area contributed by atoms with Crippen LogP contribution >= 0.6 is 0 Å². The summed E-state index contributed by atoms with van der Waals surface area (Å²) in [7, 11) is 4.29. The Labute approximate surface area is 303 Å². The van der Waals surface area contributed by atoms with Crippen molar-refractivity contribution in [3.8, 4) is 0 Å². The Balaban J connectivity index is 0.000000185. The molecule has 0 atom stereocenters. The lowest BCUT2D eigenvalue weighted by Gasteiger charge is -2.12. The second-order valence-electron chi connectivity index (χ2n) is 14.9. The van der Waals surface area contributed by atoms with Crippen molar-refractivity contribution in [2.75, 3.05) is 0 Å². The van der Waals surface area contributed by atoms with E-state index >= 15 is 0 Å². The van der Waals surface area contributed by atoms with Gasteiger partial charge in [-0.15, -0.1) is 0 Å². The summed E-state index contributed by atoms with van der Waals surface area (Å²) in [6, 6.07) is 0. The lowest BCUT2D eigenvalue weighted by molar-refractivity contribution is 0.501. The molecule has 272 valence electrons. The second kappa shape index (κ2) is 15.1. The fraction of sp³-hybridized carbons (Fsp3) is 0.478. The first-order chi connectivity index (χ1) is 23.0. The van der Waals surface area contributed by atoms with Crippen molar-refractivity contribution < 1.29 is 8.83 Å². The molecule has 0 aliphatic rings. The van der Waals surface area contributed by atoms with E-state index in [1.165, 1.54) is 111 Å². The Morgan fingerprint density at radius 1 is 0.280 bits per heavy atom. The Morgan fingerprint density at radius 2 is 0.640 bits per heavy atom. The predicted molar refractivity (Wildman–Crippen MR) is 218 cm³/mol. The molecule has 0 radical (unpaired) electrons. The summed E-state index contributed by atoms with van der Waals surface area (Å²) < 4.78 is 15.8. The number of rotatable bonds is 0. The molecule has 6 rings (SSSR count). The zero-order chi connectivity index (χ0) is 38.4. The molecule has 0 aliphatic heterocycles. The average molecular weight is 679 g/mol. The van der Waals surface area contributed by atoms with E-state index in [1.54, 1.807) is 0 Å². The molecule has 0 N–H and O–H groups in total. The maximum Gasteiger partial charge on any atom is 0.137 e. The number of aromatic nitrogens is 2. The zero-order valence-electron chi connectivity index (χ0n) is 35.7. The summed E-state index contributed by atoms with van der Waals surface area (Å²) in [5.74, 6) is 3.14. The SMILES string of the molecule is Cc1c(C)c(C)c2c(c1C)c(C)c(C)n2C.Cc1c(C)c(C)n(C)c1C.Cc1oc(C)c(C)c1C.Cc1oc2c(C)c(C)c(C)c(C)c2c1C. The first-order valence-corrected chi connectivity index (χ1v) is 18.1. The van der Waals surface area contributed by atoms with Gasteiger partial charge in [0.05, 0.1) is 5.52 Å². The van der Waals surface area contributed by atoms with Gasteiger partial charge in [0.25, 0.3) is 0 Å². The maximum absolute atomic E-state index is 5.85. The lowest BCUT2D eigenvalue weighted by Crippen LogP contribution is -1.97. The highest BCUT2D eigenvalue weighted by molar-refractivity contribution is 5.93. The van der Waals surface area contributed by atoms with Crippen LogP contribution < -0.4 is 0 Å². The number of hydrogen-bond donors (Lipinski definition) is 0. The van der Waals surface area contributed by atoms with E-state index in [0.717, 1.165) is 22.9 Å². The first kappa shape index (κ1) is 40.5. The van der Waals surface area contributed by atoms with Crippen molar-refractivity contribution in [1.29, 1.82) is 0 Å². The summed E-state index contributed by atoms with van der Waals surface area (Å²) in [6.07, 6.45) is 0. The van der Waals surface area contributed by atoms with Gasteiger partial charge < -0.3 is 18.0 Å². The predicted octanol–water partition coefficient (Wildman–Crippen LogP) is 13.1. The minimum absolute atomic E-state index is 1.04. The Kier molecular flexibility index (Phi) is 12.3. The molecular formula is C46H66N2O2. The highest BCUT2D eigenvalue weighted by Crippen LogP contribution is 2.35. The van der Waals surface area contributed by atoms with Crippen molar-refractivity contribution in [2.24, 2.45) is 14.1 Å². The van der Waals surface area contributed by atoms with Crippen LogP contribution in [0.1, 0.15) is 112 Å². The highest BCUT2D eigenvalue weighted by Gasteiger charge is 2.17. The zero-order valence-corrected chi connectivity index (χ0v) is 35.7. The molecule has 0 saturated carbocycles. The molecule has 0 spiro atoms. The standard InChI is InChI=1S/C15H21N.C14H18O.C9H15N.C8H12O/c1-8-9(2)11(4)15-14(10(8)3)12(5)13(6)16(15)7;1-7-8(2)10(4)14-13(9(7)3)11(5)12(6)15-14;1-6-7(2)9(4)10(5)8(6)3;1-5-6(2)8(4)9-7(5)3/h1-7H3;1-6H3;1-5H3;1-4H3. The van der Waals surface area contributed by atoms with E-state index in [4.69, 9.17) is 8.83 Å². The molecule has 2 aromatic carbocycles. The molecule has 0 amide bonds. The van der Waals surface area contributed by atoms with Gasteiger partial charge in [-0.2, -0.15) is 0 Å². The molecule has 6 aromatic rings. The summed E-state index contributed by atoms with van der Waals surface area (Å²) in [6.45, 7) is 43.1. The van der Waals surface area contributed by atoms with E-state index < -0.39 is 0 Å². The van der Waals surface area contributed by atoms with Gasteiger partial charge in [-0.05, 0) is 216 Å². The van der Waals surface area contributed by atoms with Gasteiger partial charge in [-0.1, -0.05) is 0 Å². The highest BCUT2D eigenvalue weighted by atomic mass is 16.3. The third-order valence-electron chi connectivity index (χ3n) is 12.8. The van der Waals surface area contributed by atoms with Crippen molar-refractivity contribution >= 4 is 21.9 Å². The number of furan rings is 2. The largest absolute Gasteiger partial charge is 0.466 e. The number of fused-ring (bicyclic) bond motifs is 2. The van der Waals surface area contributed by atoms with Crippen molar-refractivity contribution in [1.82, 2.24) is 9.13 Å². The van der Waals surface area contributed by atoms with Crippen molar-refractivity contribution in [3.05, 3.63) is 112 Å². The molecule has 0 unspecified atom stereocenters. The maximum atomic E-state index is 5.85. The van der Waals surface area contributed by atoms with Gasteiger partial charge in [-0.25, -0.2) is 0 Å². The van der Waals surface area contributed by atoms with Crippen LogP contribution in [0.3, 0.4) is 0 Å². The molecule has 4 heteroatoms. The van der Waals surface area contributed by atoms with E-state index in [1.807, 2.05) is 20.8 Å². The van der Waals surface area contributed by atoms with Gasteiger partial charge in [0, 0.05) is 41.9 Å². The topological polar surface area (TPSA) is 36.1 Å². The molecule has 0 aliphatic carbocycles. The molecule has 50 heavy (non-hydrogen) atoms. The van der Waals surface area contributed by atoms with Crippen LogP contribution in [-0.2, 0) is 14.1 Å². The van der Waals surface area contributed by atoms with E-state index in [0.29, 0.717) is 0 Å². The van der Waals surface area contributed by atoms with Crippen LogP contribution in [0, 0.1) is 138 Å². The minimum Gasteiger partial charge on any atom is -0.466 e. The van der Waals surface area contributed by atoms with Gasteiger partial charge in [0.15, 0.2) is 0 Å². The Morgan fingerprint density at radius 3 is 1.02 bits per heavy atom. The number of hydrogen-bond acceptors (Lipinski definition) is 2. The molecule has 4 nitrogen and oxygen atoms in total. The quantitative estimate of drug-likeness (QED) is 0.160. The van der Waals surface area contributed by atoms with E-state index in [-0.39, 0.29) is 0 Å². The fourth-order valence-electron chi connectivity index (χ4n) is 7.24. The van der Waals surface area contributed by atoms with Crippen LogP contribution in [0.15, 0.2) is 8.83 Å². The van der Waals surface area contributed by atoms with Gasteiger partial charge in [-0.3, -0.25) is 0 Å². The third kappa shape index (κ3) is 7.00. The normalized spacial score (nSPS) is 11.0. The molecular weight excluding hydrogens is 613 g/mol. The lowest BCUT2D eigenvalue weighted by atomic mass is 9.94. The molecule has 0 fully saturated rings. The average Bonchev–Trinajstić information content (AvgIpc) is 3.66. The summed E-state index contributed by atoms with van der Waals surface area (Å²) >= 11 is 0. The summed E-state index contributed by atoms with van der Waals surface area (Å²) in [5, 5.41) is 2.77. The number of aryl methyl sites for hydroxylation is 10. The Bertz CT molecular complexity index is 2070. The number of nitrogens with zero attached hydrogens (tertiary/aromatic N) is 2. The van der Waals surface area contributed by atoms with Crippen molar-refractivity contribution in [2.45, 2.75) is 138 Å². The third-order valence-corrected chi connectivity index (χ3v) is 12.8. The van der Waals surface area contributed by atoms with Crippen LogP contribution in [0.2, 0.25) is 0 Å². The van der Waals surface area contributed by atoms with Gasteiger partial charge >= 0.3 is 0 Å². The smallest absolute Gasteiger partial charge is 0.137 e. The second-order valence-corrected chi connectivity index (χ2v) is 14.9. The molecule has 4 aromatic heterocycles. The van der Waals surface area contributed by atoms with Crippen molar-refractivity contribution in [3.63, 3.8) is 0 Å². The van der Waals surface area contributed by atoms with Crippen LogP contribution in [-0.4, -0.2) is 9.13 Å². The van der Waals surface area contributed by atoms with Crippen LogP contribution in [0.4, 0.5) is 0 Å². The van der Waals surface area contributed by atoms with Gasteiger partial charge in [0.2, 0.25) is 0 Å². The fourth-order valence-corrected chi connectivity index (χ4v) is 7.24.